The number of methoxy groups -OCH3 is 1. The molecule has 8 heteroatoms. The van der Waals surface area contributed by atoms with Crippen molar-refractivity contribution in [1.29, 1.82) is 0 Å². The number of rotatable bonds is 5. The zero-order valence-corrected chi connectivity index (χ0v) is 17.3. The van der Waals surface area contributed by atoms with Gasteiger partial charge in [0.25, 0.3) is 0 Å². The van der Waals surface area contributed by atoms with Gasteiger partial charge in [-0.05, 0) is 29.8 Å². The molecule has 0 atom stereocenters. The van der Waals surface area contributed by atoms with Gasteiger partial charge in [-0.3, -0.25) is 9.88 Å². The highest BCUT2D eigenvalue weighted by Gasteiger charge is 2.14. The van der Waals surface area contributed by atoms with Gasteiger partial charge in [-0.1, -0.05) is 24.3 Å². The van der Waals surface area contributed by atoms with E-state index in [1.54, 1.807) is 13.3 Å². The minimum absolute atomic E-state index is 0.274. The summed E-state index contributed by atoms with van der Waals surface area (Å²) in [6.45, 7) is 5.17. The van der Waals surface area contributed by atoms with Crippen molar-refractivity contribution >= 4 is 11.3 Å². The maximum Gasteiger partial charge on any atom is 0.333 e. The van der Waals surface area contributed by atoms with E-state index in [-0.39, 0.29) is 5.69 Å². The smallest absolute Gasteiger partial charge is 0.333 e. The third-order valence-electron chi connectivity index (χ3n) is 5.59. The number of nitrogens with zero attached hydrogens (tertiary/aromatic N) is 4. The number of fused-ring (bicyclic) bond motifs is 1. The molecule has 1 fully saturated rings. The van der Waals surface area contributed by atoms with Gasteiger partial charge in [-0.2, -0.15) is 0 Å². The zero-order chi connectivity index (χ0) is 21.2. The Balaban J connectivity index is 1.45. The normalized spacial score (nSPS) is 14.7. The Morgan fingerprint density at radius 3 is 2.48 bits per heavy atom. The number of ether oxygens (including phenoxy) is 1. The van der Waals surface area contributed by atoms with Gasteiger partial charge in [0.15, 0.2) is 11.3 Å². The maximum atomic E-state index is 12.6. The van der Waals surface area contributed by atoms with Gasteiger partial charge in [-0.15, -0.1) is 0 Å². The fraction of sp³-hybridized carbons (Fsp3) is 0.261. The summed E-state index contributed by atoms with van der Waals surface area (Å²) in [7, 11) is 1.61. The van der Waals surface area contributed by atoms with E-state index in [4.69, 9.17) is 9.72 Å². The van der Waals surface area contributed by atoms with Gasteiger partial charge >= 0.3 is 5.69 Å². The Morgan fingerprint density at radius 2 is 1.77 bits per heavy atom. The van der Waals surface area contributed by atoms with Crippen LogP contribution in [0.25, 0.3) is 28.2 Å². The van der Waals surface area contributed by atoms with Gasteiger partial charge in [0, 0.05) is 38.3 Å². The summed E-state index contributed by atoms with van der Waals surface area (Å²) >= 11 is 0. The lowest BCUT2D eigenvalue weighted by molar-refractivity contribution is 0.233. The van der Waals surface area contributed by atoms with Crippen LogP contribution in [0.2, 0.25) is 0 Å². The van der Waals surface area contributed by atoms with Gasteiger partial charge < -0.3 is 10.1 Å². The Labute approximate surface area is 179 Å². The summed E-state index contributed by atoms with van der Waals surface area (Å²) in [5, 5.41) is 3.38. The quantitative estimate of drug-likeness (QED) is 0.519. The molecule has 5 rings (SSSR count). The van der Waals surface area contributed by atoms with Crippen LogP contribution in [-0.4, -0.2) is 57.7 Å². The number of hydrogen-bond donors (Lipinski definition) is 2. The first-order valence-corrected chi connectivity index (χ1v) is 10.4. The summed E-state index contributed by atoms with van der Waals surface area (Å²) in [4.78, 5) is 27.0. The van der Waals surface area contributed by atoms with Gasteiger partial charge in [0.1, 0.15) is 5.75 Å². The highest BCUT2D eigenvalue weighted by Crippen LogP contribution is 2.21. The lowest BCUT2D eigenvalue weighted by Crippen LogP contribution is -2.42. The summed E-state index contributed by atoms with van der Waals surface area (Å²) in [5.74, 6) is 0.726. The van der Waals surface area contributed by atoms with E-state index in [0.717, 1.165) is 49.7 Å². The molecule has 0 spiro atoms. The minimum atomic E-state index is -0.274. The molecule has 4 aromatic rings. The summed E-state index contributed by atoms with van der Waals surface area (Å²) in [5.41, 5.74) is 4.35. The van der Waals surface area contributed by atoms with Crippen molar-refractivity contribution in [2.24, 2.45) is 0 Å². The van der Waals surface area contributed by atoms with E-state index in [9.17, 15) is 4.79 Å². The van der Waals surface area contributed by atoms with Crippen molar-refractivity contribution < 1.29 is 4.74 Å². The molecule has 2 N–H and O–H groups in total. The first kappa shape index (κ1) is 19.5. The van der Waals surface area contributed by atoms with Gasteiger partial charge in [0.05, 0.1) is 24.7 Å². The van der Waals surface area contributed by atoms with Crippen molar-refractivity contribution in [3.63, 3.8) is 0 Å². The Morgan fingerprint density at radius 1 is 1.03 bits per heavy atom. The monoisotopic (exact) mass is 416 g/mol. The second-order valence-electron chi connectivity index (χ2n) is 7.61. The van der Waals surface area contributed by atoms with Crippen molar-refractivity contribution in [3.8, 4) is 22.7 Å². The number of hydrogen-bond acceptors (Lipinski definition) is 6. The van der Waals surface area contributed by atoms with E-state index in [1.165, 1.54) is 10.1 Å². The standard InChI is InChI=1S/C23H24N6O2/c1-31-19-8-6-18(7-9-19)29-22-21(27-23(29)30)25-14-20(26-22)17-4-2-16(3-5-17)15-28-12-10-24-11-13-28/h2-9,14,24H,10-13,15H2,1H3,(H,25,27,30). The number of H-pyrrole nitrogens is 1. The first-order valence-electron chi connectivity index (χ1n) is 10.4. The van der Waals surface area contributed by atoms with E-state index in [2.05, 4.69) is 44.5 Å². The fourth-order valence-electron chi connectivity index (χ4n) is 3.90. The van der Waals surface area contributed by atoms with Crippen LogP contribution in [0.3, 0.4) is 0 Å². The van der Waals surface area contributed by atoms with Crippen molar-refractivity contribution in [2.75, 3.05) is 33.3 Å². The maximum absolute atomic E-state index is 12.6. The van der Waals surface area contributed by atoms with Gasteiger partial charge in [0.2, 0.25) is 0 Å². The van der Waals surface area contributed by atoms with Crippen molar-refractivity contribution in [3.05, 3.63) is 70.8 Å². The SMILES string of the molecule is COc1ccc(-n2c(=O)[nH]c3ncc(-c4ccc(CN5CCNCC5)cc4)nc32)cc1. The highest BCUT2D eigenvalue weighted by atomic mass is 16.5. The molecule has 31 heavy (non-hydrogen) atoms. The predicted molar refractivity (Wildman–Crippen MR) is 120 cm³/mol. The zero-order valence-electron chi connectivity index (χ0n) is 17.3. The Bertz CT molecular complexity index is 1240. The fourth-order valence-corrected chi connectivity index (χ4v) is 3.90. The molecule has 3 heterocycles. The van der Waals surface area contributed by atoms with Crippen LogP contribution in [0.15, 0.2) is 59.5 Å². The number of aromatic nitrogens is 4. The first-order chi connectivity index (χ1) is 15.2. The Kier molecular flexibility index (Phi) is 5.23. The second kappa shape index (κ2) is 8.33. The highest BCUT2D eigenvalue weighted by molar-refractivity contribution is 5.73. The molecule has 1 aliphatic rings. The molecule has 1 saturated heterocycles. The lowest BCUT2D eigenvalue weighted by Gasteiger charge is -2.27. The molecular formula is C23H24N6O2. The lowest BCUT2D eigenvalue weighted by atomic mass is 10.1. The topological polar surface area (TPSA) is 88.1 Å². The van der Waals surface area contributed by atoms with Crippen LogP contribution < -0.4 is 15.7 Å². The second-order valence-corrected chi connectivity index (χ2v) is 7.61. The molecule has 158 valence electrons. The summed E-state index contributed by atoms with van der Waals surface area (Å²) in [6.07, 6.45) is 1.70. The number of benzene rings is 2. The number of imidazole rings is 1. The van der Waals surface area contributed by atoms with Crippen LogP contribution in [0, 0.1) is 0 Å². The third-order valence-corrected chi connectivity index (χ3v) is 5.59. The molecule has 8 nitrogen and oxygen atoms in total. The molecule has 1 aliphatic heterocycles. The van der Waals surface area contributed by atoms with E-state index < -0.39 is 0 Å². The molecule has 0 amide bonds. The molecule has 0 bridgehead atoms. The molecule has 0 saturated carbocycles. The van der Waals surface area contributed by atoms with Crippen LogP contribution in [0.1, 0.15) is 5.56 Å². The van der Waals surface area contributed by atoms with Crippen LogP contribution in [0.4, 0.5) is 0 Å². The average molecular weight is 416 g/mol. The molecule has 2 aromatic carbocycles. The molecule has 0 unspecified atom stereocenters. The average Bonchev–Trinajstić information content (AvgIpc) is 3.15. The van der Waals surface area contributed by atoms with Crippen LogP contribution in [0.5, 0.6) is 5.75 Å². The molecule has 0 radical (unpaired) electrons. The van der Waals surface area contributed by atoms with E-state index in [0.29, 0.717) is 17.0 Å². The minimum Gasteiger partial charge on any atom is -0.497 e. The van der Waals surface area contributed by atoms with Crippen molar-refractivity contribution in [1.82, 2.24) is 29.7 Å². The van der Waals surface area contributed by atoms with E-state index >= 15 is 0 Å². The number of aromatic amines is 1. The van der Waals surface area contributed by atoms with Crippen LogP contribution >= 0.6 is 0 Å². The summed E-state index contributed by atoms with van der Waals surface area (Å²) < 4.78 is 6.74. The van der Waals surface area contributed by atoms with Gasteiger partial charge in [-0.25, -0.2) is 19.3 Å². The number of nitrogens with one attached hydrogen (secondary N) is 2. The summed E-state index contributed by atoms with van der Waals surface area (Å²) in [6, 6.07) is 15.7. The predicted octanol–water partition coefficient (Wildman–Crippen LogP) is 2.19. The molecular weight excluding hydrogens is 392 g/mol. The largest absolute Gasteiger partial charge is 0.497 e. The third kappa shape index (κ3) is 3.95. The van der Waals surface area contributed by atoms with Crippen molar-refractivity contribution in [2.45, 2.75) is 6.54 Å². The van der Waals surface area contributed by atoms with Crippen LogP contribution in [-0.2, 0) is 6.54 Å². The number of piperazine rings is 1. The Hall–Kier alpha value is -3.49. The molecule has 0 aliphatic carbocycles. The van der Waals surface area contributed by atoms with E-state index in [1.807, 2.05) is 24.3 Å². The molecule has 2 aromatic heterocycles.